The molecule has 1 unspecified atom stereocenters. The summed E-state index contributed by atoms with van der Waals surface area (Å²) in [5, 5.41) is 19.5. The summed E-state index contributed by atoms with van der Waals surface area (Å²) in [5.41, 5.74) is 6.42. The van der Waals surface area contributed by atoms with Gasteiger partial charge in [0.2, 0.25) is 0 Å². The zero-order valence-corrected chi connectivity index (χ0v) is 19.6. The van der Waals surface area contributed by atoms with Gasteiger partial charge in [-0.2, -0.15) is 0 Å². The first kappa shape index (κ1) is 22.6. The second-order valence-electron chi connectivity index (χ2n) is 8.80. The van der Waals surface area contributed by atoms with Crippen molar-refractivity contribution in [3.05, 3.63) is 96.8 Å². The van der Waals surface area contributed by atoms with E-state index in [1.54, 1.807) is 10.6 Å². The first-order chi connectivity index (χ1) is 17.0. The minimum absolute atomic E-state index is 0.134. The van der Waals surface area contributed by atoms with E-state index in [1.165, 1.54) is 0 Å². The maximum absolute atomic E-state index is 12.4. The van der Waals surface area contributed by atoms with Crippen molar-refractivity contribution in [2.45, 2.75) is 12.5 Å². The van der Waals surface area contributed by atoms with Crippen molar-refractivity contribution in [1.29, 1.82) is 0 Å². The van der Waals surface area contributed by atoms with Gasteiger partial charge in [-0.25, -0.2) is 0 Å². The zero-order valence-electron chi connectivity index (χ0n) is 19.6. The summed E-state index contributed by atoms with van der Waals surface area (Å²) in [5.74, 6) is -0.134. The minimum Gasteiger partial charge on any atom is -0.391 e. The van der Waals surface area contributed by atoms with E-state index in [1.807, 2.05) is 67.8 Å². The number of aryl methyl sites for hydroxylation is 1. The Morgan fingerprint density at radius 2 is 1.31 bits per heavy atom. The molecule has 1 aromatic heterocycles. The number of hydrogen-bond donors (Lipinski definition) is 4. The lowest BCUT2D eigenvalue weighted by atomic mass is 10.2. The summed E-state index contributed by atoms with van der Waals surface area (Å²) >= 11 is 0. The Hall–Kier alpha value is -4.23. The number of aliphatic hydroxyl groups excluding tert-OH is 1. The number of carbonyl (C=O) groups excluding carboxylic acids is 1. The number of hydrogen-bond acceptors (Lipinski definition) is 5. The Balaban J connectivity index is 1.15. The van der Waals surface area contributed by atoms with Crippen LogP contribution >= 0.6 is 0 Å². The number of aliphatic hydroxyl groups is 1. The van der Waals surface area contributed by atoms with Gasteiger partial charge in [-0.15, -0.1) is 0 Å². The molecule has 3 aromatic carbocycles. The highest BCUT2D eigenvalue weighted by Crippen LogP contribution is 2.26. The standard InChI is InChI=1S/C28H29N5O2/c1-32-17-2-3-27(32)28(35)31-24-10-8-22(9-11-24)29-20-4-6-21(7-5-20)30-23-12-14-25(15-13-23)33-18-16-26(34)19-33/h2-15,17,26,29-30,34H,16,18-19H2,1H3,(H,31,35). The van der Waals surface area contributed by atoms with Crippen molar-refractivity contribution in [1.82, 2.24) is 4.57 Å². The molecule has 2 heterocycles. The highest BCUT2D eigenvalue weighted by atomic mass is 16.3. The second kappa shape index (κ2) is 9.95. The van der Waals surface area contributed by atoms with E-state index in [0.29, 0.717) is 12.2 Å². The fraction of sp³-hybridized carbons (Fsp3) is 0.179. The average Bonchev–Trinajstić information content (AvgIpc) is 3.50. The van der Waals surface area contributed by atoms with Crippen LogP contribution in [0.2, 0.25) is 0 Å². The van der Waals surface area contributed by atoms with E-state index in [0.717, 1.165) is 47.1 Å². The Labute approximate surface area is 205 Å². The van der Waals surface area contributed by atoms with Gasteiger partial charge in [0.1, 0.15) is 5.69 Å². The maximum Gasteiger partial charge on any atom is 0.272 e. The third-order valence-electron chi connectivity index (χ3n) is 6.18. The van der Waals surface area contributed by atoms with E-state index >= 15 is 0 Å². The smallest absolute Gasteiger partial charge is 0.272 e. The van der Waals surface area contributed by atoms with Crippen LogP contribution in [-0.2, 0) is 7.05 Å². The minimum atomic E-state index is -0.224. The summed E-state index contributed by atoms with van der Waals surface area (Å²) in [6.07, 6.45) is 2.45. The van der Waals surface area contributed by atoms with Crippen molar-refractivity contribution in [2.75, 3.05) is 33.9 Å². The first-order valence-corrected chi connectivity index (χ1v) is 11.7. The highest BCUT2D eigenvalue weighted by molar-refractivity contribution is 6.03. The number of aromatic nitrogens is 1. The molecule has 4 N–H and O–H groups in total. The lowest BCUT2D eigenvalue weighted by Gasteiger charge is -2.18. The molecule has 0 radical (unpaired) electrons. The van der Waals surface area contributed by atoms with Crippen LogP contribution in [0.1, 0.15) is 16.9 Å². The summed E-state index contributed by atoms with van der Waals surface area (Å²) < 4.78 is 1.79. The fourth-order valence-electron chi connectivity index (χ4n) is 4.23. The molecule has 35 heavy (non-hydrogen) atoms. The van der Waals surface area contributed by atoms with Crippen LogP contribution in [-0.4, -0.2) is 34.8 Å². The van der Waals surface area contributed by atoms with Crippen LogP contribution in [0.5, 0.6) is 0 Å². The molecule has 1 aliphatic rings. The maximum atomic E-state index is 12.4. The van der Waals surface area contributed by atoms with Crippen LogP contribution < -0.4 is 20.9 Å². The van der Waals surface area contributed by atoms with Crippen LogP contribution in [0, 0.1) is 0 Å². The quantitative estimate of drug-likeness (QED) is 0.295. The Morgan fingerprint density at radius 3 is 1.77 bits per heavy atom. The molecule has 5 rings (SSSR count). The van der Waals surface area contributed by atoms with Gasteiger partial charge in [-0.05, 0) is 91.3 Å². The largest absolute Gasteiger partial charge is 0.391 e. The Kier molecular flexibility index (Phi) is 6.41. The molecule has 1 amide bonds. The van der Waals surface area contributed by atoms with Gasteiger partial charge in [0.15, 0.2) is 0 Å². The Bertz CT molecular complexity index is 1280. The van der Waals surface area contributed by atoms with E-state index < -0.39 is 0 Å². The van der Waals surface area contributed by atoms with Gasteiger partial charge >= 0.3 is 0 Å². The molecule has 178 valence electrons. The van der Waals surface area contributed by atoms with E-state index in [2.05, 4.69) is 45.1 Å². The fourth-order valence-corrected chi connectivity index (χ4v) is 4.23. The summed E-state index contributed by atoms with van der Waals surface area (Å²) in [4.78, 5) is 14.6. The van der Waals surface area contributed by atoms with Crippen LogP contribution in [0.4, 0.5) is 34.1 Å². The first-order valence-electron chi connectivity index (χ1n) is 11.7. The summed E-state index contributed by atoms with van der Waals surface area (Å²) in [7, 11) is 1.85. The van der Waals surface area contributed by atoms with Crippen LogP contribution in [0.3, 0.4) is 0 Å². The zero-order chi connectivity index (χ0) is 24.2. The number of rotatable bonds is 7. The second-order valence-corrected chi connectivity index (χ2v) is 8.80. The highest BCUT2D eigenvalue weighted by Gasteiger charge is 2.20. The Morgan fingerprint density at radius 1 is 0.800 bits per heavy atom. The number of carbonyl (C=O) groups is 1. The lowest BCUT2D eigenvalue weighted by molar-refractivity contribution is 0.101. The number of amides is 1. The van der Waals surface area contributed by atoms with Gasteiger partial charge < -0.3 is 30.5 Å². The third-order valence-corrected chi connectivity index (χ3v) is 6.18. The summed E-state index contributed by atoms with van der Waals surface area (Å²) in [6.45, 7) is 1.60. The SMILES string of the molecule is Cn1cccc1C(=O)Nc1ccc(Nc2ccc(Nc3ccc(N4CCC(O)C4)cc3)cc2)cc1. The van der Waals surface area contributed by atoms with Crippen molar-refractivity contribution in [3.8, 4) is 0 Å². The lowest BCUT2D eigenvalue weighted by Crippen LogP contribution is -2.20. The number of nitrogens with zero attached hydrogens (tertiary/aromatic N) is 2. The molecule has 7 heteroatoms. The monoisotopic (exact) mass is 467 g/mol. The van der Waals surface area contributed by atoms with Crippen molar-refractivity contribution < 1.29 is 9.90 Å². The molecular formula is C28H29N5O2. The van der Waals surface area contributed by atoms with Crippen molar-refractivity contribution >= 4 is 40.0 Å². The van der Waals surface area contributed by atoms with Crippen LogP contribution in [0.25, 0.3) is 0 Å². The molecule has 1 saturated heterocycles. The van der Waals surface area contributed by atoms with E-state index in [4.69, 9.17) is 0 Å². The molecule has 1 aliphatic heterocycles. The molecule has 1 fully saturated rings. The summed E-state index contributed by atoms with van der Waals surface area (Å²) in [6, 6.07) is 27.7. The number of benzene rings is 3. The van der Waals surface area contributed by atoms with Gasteiger partial charge in [-0.3, -0.25) is 4.79 Å². The number of anilines is 6. The van der Waals surface area contributed by atoms with Crippen molar-refractivity contribution in [2.24, 2.45) is 7.05 Å². The average molecular weight is 468 g/mol. The molecule has 4 aromatic rings. The van der Waals surface area contributed by atoms with Crippen LogP contribution in [0.15, 0.2) is 91.1 Å². The molecule has 7 nitrogen and oxygen atoms in total. The van der Waals surface area contributed by atoms with Gasteiger partial charge in [-0.1, -0.05) is 0 Å². The molecule has 0 aliphatic carbocycles. The van der Waals surface area contributed by atoms with Gasteiger partial charge in [0.05, 0.1) is 6.10 Å². The van der Waals surface area contributed by atoms with E-state index in [-0.39, 0.29) is 12.0 Å². The molecule has 0 saturated carbocycles. The van der Waals surface area contributed by atoms with Gasteiger partial charge in [0.25, 0.3) is 5.91 Å². The van der Waals surface area contributed by atoms with Crippen molar-refractivity contribution in [3.63, 3.8) is 0 Å². The third kappa shape index (κ3) is 5.47. The molecule has 0 spiro atoms. The predicted octanol–water partition coefficient (Wildman–Crippen LogP) is 5.34. The van der Waals surface area contributed by atoms with E-state index in [9.17, 15) is 9.90 Å². The molecule has 0 bridgehead atoms. The number of β-amino-alcohol motifs (C(OH)–C–C–N with tert-alkyl or cyclic N) is 1. The topological polar surface area (TPSA) is 81.6 Å². The predicted molar refractivity (Wildman–Crippen MR) is 142 cm³/mol. The van der Waals surface area contributed by atoms with Gasteiger partial charge in [0, 0.05) is 60.5 Å². The molecule has 1 atom stereocenters. The normalized spacial score (nSPS) is 15.1. The molecular weight excluding hydrogens is 438 g/mol. The number of nitrogens with one attached hydrogen (secondary N) is 3.